The van der Waals surface area contributed by atoms with Crippen LogP contribution in [0.15, 0.2) is 18.5 Å². The molecule has 0 amide bonds. The molecule has 0 aromatic carbocycles. The zero-order valence-corrected chi connectivity index (χ0v) is 5.68. The van der Waals surface area contributed by atoms with Crippen molar-refractivity contribution in [2.24, 2.45) is 5.34 Å². The van der Waals surface area contributed by atoms with Gasteiger partial charge in [-0.15, -0.1) is 18.5 Å². The number of rotatable bonds is 0. The van der Waals surface area contributed by atoms with Crippen LogP contribution in [0.5, 0.6) is 0 Å². The van der Waals surface area contributed by atoms with Crippen molar-refractivity contribution in [3.05, 3.63) is 23.3 Å². The van der Waals surface area contributed by atoms with Crippen LogP contribution in [0.4, 0.5) is 0 Å². The monoisotopic (exact) mass is 97.0 g/mol. The van der Waals surface area contributed by atoms with E-state index in [1.165, 1.54) is 0 Å². The van der Waals surface area contributed by atoms with Gasteiger partial charge in [-0.3, -0.25) is 0 Å². The summed E-state index contributed by atoms with van der Waals surface area (Å²) in [6.07, 6.45) is 0. The van der Waals surface area contributed by atoms with Crippen LogP contribution in [0.3, 0.4) is 0 Å². The molecule has 0 aliphatic carbocycles. The van der Waals surface area contributed by atoms with E-state index in [9.17, 15) is 0 Å². The molecule has 0 spiro atoms. The number of hydrogen-bond donors (Lipinski definition) is 0. The van der Waals surface area contributed by atoms with E-state index in [4.69, 9.17) is 10.1 Å². The molecule has 0 rings (SSSR count). The van der Waals surface area contributed by atoms with E-state index in [1.807, 2.05) is 0 Å². The maximum Gasteiger partial charge on any atom is 1.00 e. The minimum atomic E-state index is 0. The zero-order valence-electron chi connectivity index (χ0n) is 3.68. The predicted octanol–water partition coefficient (Wildman–Crippen LogP) is -1.94. The van der Waals surface area contributed by atoms with Gasteiger partial charge >= 0.3 is 29.6 Å². The first kappa shape index (κ1) is 16.5. The Balaban J connectivity index is -0.0000000275. The fourth-order valence-electron chi connectivity index (χ4n) is 0. The molecule has 0 atom stereocenters. The Morgan fingerprint density at radius 2 is 1.50 bits per heavy atom. The fraction of sp³-hybridized carbons (Fsp3) is 0. The van der Waals surface area contributed by atoms with Gasteiger partial charge in [-0.05, 0) is 0 Å². The maximum absolute atomic E-state index is 8.00. The second-order valence-corrected chi connectivity index (χ2v) is 0.0745. The Kier molecular flexibility index (Phi) is 186. The maximum atomic E-state index is 8.00. The summed E-state index contributed by atoms with van der Waals surface area (Å²) in [6.45, 7) is 6.00. The molecule has 30 valence electrons. The summed E-state index contributed by atoms with van der Waals surface area (Å²) >= 11 is 0. The standard InChI is InChI=1S/C2H4.HNO2.Na/c1-2;2-1-3;/h1-2H2;(H,2,3);/q;;+1/p-1. The van der Waals surface area contributed by atoms with Gasteiger partial charge in [0.2, 0.25) is 0 Å². The van der Waals surface area contributed by atoms with Gasteiger partial charge in [-0.1, -0.05) is 0 Å². The molecule has 0 aliphatic heterocycles. The van der Waals surface area contributed by atoms with Gasteiger partial charge in [0, 0.05) is 0 Å². The van der Waals surface area contributed by atoms with Crippen LogP contribution < -0.4 is 29.6 Å². The molecule has 0 heterocycles. The molecule has 0 saturated carbocycles. The third-order valence-corrected chi connectivity index (χ3v) is 0. The van der Waals surface area contributed by atoms with Crippen LogP contribution in [0.2, 0.25) is 0 Å². The Hall–Kier alpha value is 0.140. The van der Waals surface area contributed by atoms with E-state index < -0.39 is 0 Å². The number of nitrogens with zero attached hydrogens (tertiary/aromatic N) is 1. The van der Waals surface area contributed by atoms with Gasteiger partial charge in [0.25, 0.3) is 0 Å². The minimum absolute atomic E-state index is 0. The van der Waals surface area contributed by atoms with E-state index in [2.05, 4.69) is 13.2 Å². The molecule has 0 bridgehead atoms. The van der Waals surface area contributed by atoms with Crippen LogP contribution in [0.25, 0.3) is 0 Å². The number of hydrogen-bond acceptors (Lipinski definition) is 3. The Bertz CT molecular complexity index is 25.5. The quantitative estimate of drug-likeness (QED) is 0.153. The smallest absolute Gasteiger partial charge is 0.444 e. The Morgan fingerprint density at radius 3 is 1.50 bits per heavy atom. The second kappa shape index (κ2) is 67.8. The van der Waals surface area contributed by atoms with Crippen molar-refractivity contribution in [3.63, 3.8) is 0 Å². The zero-order chi connectivity index (χ0) is 4.71. The van der Waals surface area contributed by atoms with Crippen molar-refractivity contribution < 1.29 is 29.6 Å². The third-order valence-electron chi connectivity index (χ3n) is 0. The molecule has 0 aromatic rings. The Labute approximate surface area is 58.3 Å². The first-order chi connectivity index (χ1) is 2.41. The average Bonchev–Trinajstić information content (AvgIpc) is 1.46. The van der Waals surface area contributed by atoms with E-state index in [1.54, 1.807) is 0 Å². The normalized spacial score (nSPS) is 2.67. The predicted molar refractivity (Wildman–Crippen MR) is 20.4 cm³/mol. The van der Waals surface area contributed by atoms with Gasteiger partial charge in [0.15, 0.2) is 0 Å². The summed E-state index contributed by atoms with van der Waals surface area (Å²) in [5, 5.41) is 9.00. The van der Waals surface area contributed by atoms with E-state index in [0.717, 1.165) is 5.34 Å². The van der Waals surface area contributed by atoms with Gasteiger partial charge in [-0.2, -0.15) is 0 Å². The average molecular weight is 97.0 g/mol. The van der Waals surface area contributed by atoms with Crippen LogP contribution >= 0.6 is 0 Å². The van der Waals surface area contributed by atoms with Gasteiger partial charge < -0.3 is 10.1 Å². The van der Waals surface area contributed by atoms with Gasteiger partial charge in [0.05, 0.1) is 0 Å². The molecule has 0 radical (unpaired) electrons. The minimum Gasteiger partial charge on any atom is -0.444 e. The Morgan fingerprint density at radius 1 is 1.50 bits per heavy atom. The molecule has 0 saturated heterocycles. The molecule has 0 aliphatic rings. The van der Waals surface area contributed by atoms with Crippen LogP contribution in [-0.2, 0) is 0 Å². The summed E-state index contributed by atoms with van der Waals surface area (Å²) in [5.74, 6) is 0. The first-order valence-corrected chi connectivity index (χ1v) is 0.865. The summed E-state index contributed by atoms with van der Waals surface area (Å²) < 4.78 is 0. The van der Waals surface area contributed by atoms with Crippen molar-refractivity contribution in [2.75, 3.05) is 0 Å². The SMILES string of the molecule is C=C.O=N[O-].[Na+]. The van der Waals surface area contributed by atoms with Crippen LogP contribution in [0, 0.1) is 10.1 Å². The van der Waals surface area contributed by atoms with Crippen LogP contribution in [0.1, 0.15) is 0 Å². The summed E-state index contributed by atoms with van der Waals surface area (Å²) in [5.41, 5.74) is 0. The van der Waals surface area contributed by atoms with E-state index in [-0.39, 0.29) is 29.6 Å². The van der Waals surface area contributed by atoms with Gasteiger partial charge in [0.1, 0.15) is 0 Å². The molecule has 0 aromatic heterocycles. The molecule has 6 heavy (non-hydrogen) atoms. The third kappa shape index (κ3) is 2080. The van der Waals surface area contributed by atoms with E-state index >= 15 is 0 Å². The first-order valence-electron chi connectivity index (χ1n) is 0.865. The second-order valence-electron chi connectivity index (χ2n) is 0.0745. The van der Waals surface area contributed by atoms with Crippen LogP contribution in [-0.4, -0.2) is 0 Å². The fourth-order valence-corrected chi connectivity index (χ4v) is 0. The molecular weight excluding hydrogens is 93.0 g/mol. The van der Waals surface area contributed by atoms with Gasteiger partial charge in [-0.25, -0.2) is 0 Å². The van der Waals surface area contributed by atoms with Crippen molar-refractivity contribution in [2.45, 2.75) is 0 Å². The topological polar surface area (TPSA) is 52.5 Å². The van der Waals surface area contributed by atoms with Crippen molar-refractivity contribution in [1.82, 2.24) is 0 Å². The molecule has 0 fully saturated rings. The summed E-state index contributed by atoms with van der Waals surface area (Å²) in [4.78, 5) is 8.00. The molecule has 0 N–H and O–H groups in total. The molecule has 4 heteroatoms. The summed E-state index contributed by atoms with van der Waals surface area (Å²) in [6, 6.07) is 0. The summed E-state index contributed by atoms with van der Waals surface area (Å²) in [7, 11) is 0. The molecule has 3 nitrogen and oxygen atoms in total. The van der Waals surface area contributed by atoms with Crippen molar-refractivity contribution >= 4 is 0 Å². The molecule has 0 unspecified atom stereocenters. The largest absolute Gasteiger partial charge is 1.00 e. The molecular formula is C2H4NNaO2. The van der Waals surface area contributed by atoms with E-state index in [0.29, 0.717) is 0 Å². The van der Waals surface area contributed by atoms with Crippen molar-refractivity contribution in [3.8, 4) is 0 Å². The van der Waals surface area contributed by atoms with Crippen molar-refractivity contribution in [1.29, 1.82) is 0 Å².